The normalized spacial score (nSPS) is 20.0. The summed E-state index contributed by atoms with van der Waals surface area (Å²) in [5, 5.41) is 13.8. The number of rotatable bonds is 4. The highest BCUT2D eigenvalue weighted by atomic mass is 16.6. The zero-order valence-electron chi connectivity index (χ0n) is 18.2. The zero-order chi connectivity index (χ0) is 22.5. The van der Waals surface area contributed by atoms with Crippen LogP contribution in [0, 0.1) is 16.0 Å². The minimum absolute atomic E-state index is 0.0653. The molecule has 2 aromatic rings. The van der Waals surface area contributed by atoms with E-state index >= 15 is 0 Å². The average molecular weight is 433 g/mol. The lowest BCUT2D eigenvalue weighted by atomic mass is 9.79. The number of nitrogens with two attached hydrogens (primary N) is 1. The van der Waals surface area contributed by atoms with Gasteiger partial charge in [0.25, 0.3) is 5.70 Å². The van der Waals surface area contributed by atoms with Crippen molar-refractivity contribution in [3.05, 3.63) is 68.1 Å². The van der Waals surface area contributed by atoms with Gasteiger partial charge in [-0.1, -0.05) is 62.2 Å². The summed E-state index contributed by atoms with van der Waals surface area (Å²) in [6.07, 6.45) is 9.31. The van der Waals surface area contributed by atoms with E-state index in [4.69, 9.17) is 5.73 Å². The molecule has 0 aromatic heterocycles. The summed E-state index contributed by atoms with van der Waals surface area (Å²) in [7, 11) is 0. The first-order valence-electron chi connectivity index (χ1n) is 11.1. The molecule has 0 radical (unpaired) electrons. The number of unbranched alkanes of at least 4 members (excludes halogenated alkanes) is 1. The van der Waals surface area contributed by atoms with Crippen LogP contribution >= 0.6 is 0 Å². The SMILES string of the molecule is C1=NC=NCO1.CCCCC1CC(N)c2ccc3c(c2=C1[N+](=O)[O-])=CCc1ccccc1-3. The Labute approximate surface area is 187 Å². The topological polar surface area (TPSA) is 103 Å². The molecule has 2 atom stereocenters. The van der Waals surface area contributed by atoms with Crippen molar-refractivity contribution in [3.63, 3.8) is 0 Å². The maximum Gasteiger partial charge on any atom is 0.257 e. The lowest BCUT2D eigenvalue weighted by Crippen LogP contribution is -2.43. The summed E-state index contributed by atoms with van der Waals surface area (Å²) in [6.45, 7) is 2.54. The summed E-state index contributed by atoms with van der Waals surface area (Å²) in [4.78, 5) is 19.1. The van der Waals surface area contributed by atoms with Crippen LogP contribution in [0.15, 0.2) is 46.4 Å². The van der Waals surface area contributed by atoms with Crippen LogP contribution in [-0.4, -0.2) is 24.4 Å². The molecule has 5 rings (SSSR count). The van der Waals surface area contributed by atoms with Gasteiger partial charge in [0.05, 0.1) is 16.1 Å². The minimum atomic E-state index is -0.153. The molecule has 0 bridgehead atoms. The molecule has 3 aliphatic rings. The Morgan fingerprint density at radius 3 is 2.72 bits per heavy atom. The second-order valence-electron chi connectivity index (χ2n) is 8.23. The molecule has 2 N–H and O–H groups in total. The zero-order valence-corrected chi connectivity index (χ0v) is 18.2. The van der Waals surface area contributed by atoms with Crippen molar-refractivity contribution in [2.75, 3.05) is 6.73 Å². The molecule has 1 aliphatic heterocycles. The van der Waals surface area contributed by atoms with Crippen molar-refractivity contribution in [3.8, 4) is 11.1 Å². The van der Waals surface area contributed by atoms with Gasteiger partial charge in [-0.05, 0) is 46.7 Å². The van der Waals surface area contributed by atoms with Crippen molar-refractivity contribution in [2.45, 2.75) is 45.1 Å². The molecular weight excluding hydrogens is 404 g/mol. The van der Waals surface area contributed by atoms with Crippen LogP contribution in [0.25, 0.3) is 22.9 Å². The Balaban J connectivity index is 0.000000354. The fourth-order valence-corrected chi connectivity index (χ4v) is 4.77. The van der Waals surface area contributed by atoms with Gasteiger partial charge < -0.3 is 10.5 Å². The Morgan fingerprint density at radius 1 is 1.22 bits per heavy atom. The largest absolute Gasteiger partial charge is 0.461 e. The van der Waals surface area contributed by atoms with E-state index in [2.05, 4.69) is 45.9 Å². The summed E-state index contributed by atoms with van der Waals surface area (Å²) in [5.41, 5.74) is 11.3. The van der Waals surface area contributed by atoms with Gasteiger partial charge in [-0.3, -0.25) is 10.1 Å². The molecule has 2 aliphatic carbocycles. The monoisotopic (exact) mass is 432 g/mol. The number of ether oxygens (including phenoxy) is 1. The van der Waals surface area contributed by atoms with Gasteiger partial charge in [0, 0.05) is 6.04 Å². The molecule has 0 saturated carbocycles. The number of benzene rings is 2. The fraction of sp³-hybridized carbons (Fsp3) is 0.360. The first-order chi connectivity index (χ1) is 15.6. The van der Waals surface area contributed by atoms with E-state index in [9.17, 15) is 10.1 Å². The van der Waals surface area contributed by atoms with E-state index in [-0.39, 0.29) is 16.9 Å². The van der Waals surface area contributed by atoms with Crippen LogP contribution in [0.5, 0.6) is 0 Å². The van der Waals surface area contributed by atoms with Gasteiger partial charge in [0.1, 0.15) is 6.34 Å². The van der Waals surface area contributed by atoms with E-state index in [1.54, 1.807) is 0 Å². The second-order valence-corrected chi connectivity index (χ2v) is 8.23. The molecule has 2 unspecified atom stereocenters. The highest BCUT2D eigenvalue weighted by Gasteiger charge is 2.34. The third-order valence-corrected chi connectivity index (χ3v) is 6.23. The molecule has 7 heteroatoms. The van der Waals surface area contributed by atoms with Crippen LogP contribution in [0.2, 0.25) is 0 Å². The highest BCUT2D eigenvalue weighted by molar-refractivity contribution is 5.74. The molecule has 0 saturated heterocycles. The predicted molar refractivity (Wildman–Crippen MR) is 127 cm³/mol. The smallest absolute Gasteiger partial charge is 0.257 e. The van der Waals surface area contributed by atoms with Gasteiger partial charge in [-0.15, -0.1) is 0 Å². The van der Waals surface area contributed by atoms with Gasteiger partial charge in [0.15, 0.2) is 13.1 Å². The Bertz CT molecular complexity index is 1170. The van der Waals surface area contributed by atoms with Crippen LogP contribution in [0.1, 0.15) is 49.8 Å². The van der Waals surface area contributed by atoms with Gasteiger partial charge in [-0.25, -0.2) is 9.98 Å². The lowest BCUT2D eigenvalue weighted by molar-refractivity contribution is -0.387. The molecule has 0 fully saturated rings. The standard InChI is InChI=1S/C22H24N2O2.C3H4N2O/c1-2-3-6-15-13-20(23)19-12-11-17-16-8-5-4-7-14(16)9-10-18(17)21(19)22(15)24(25)26;1-4-2-6-3-5-1/h4-5,7-8,10-12,15,20H,2-3,6,9,13,23H2,1H3;1-2H,3H2. The van der Waals surface area contributed by atoms with Gasteiger partial charge in [0.2, 0.25) is 0 Å². The second kappa shape index (κ2) is 9.87. The van der Waals surface area contributed by atoms with Crippen molar-refractivity contribution in [1.29, 1.82) is 0 Å². The Kier molecular flexibility index (Phi) is 6.75. The first-order valence-corrected chi connectivity index (χ1v) is 11.1. The van der Waals surface area contributed by atoms with Gasteiger partial charge >= 0.3 is 0 Å². The van der Waals surface area contributed by atoms with Crippen LogP contribution < -0.4 is 16.2 Å². The first kappa shape index (κ1) is 21.9. The van der Waals surface area contributed by atoms with E-state index in [1.165, 1.54) is 23.9 Å². The molecule has 1 heterocycles. The van der Waals surface area contributed by atoms with E-state index < -0.39 is 0 Å². The number of aliphatic imine (C=N–C) groups is 2. The van der Waals surface area contributed by atoms with Crippen molar-refractivity contribution < 1.29 is 9.66 Å². The summed E-state index contributed by atoms with van der Waals surface area (Å²) in [5.74, 6) is -0.0653. The summed E-state index contributed by atoms with van der Waals surface area (Å²) < 4.78 is 4.58. The third-order valence-electron chi connectivity index (χ3n) is 6.23. The molecule has 0 amide bonds. The molecule has 7 nitrogen and oxygen atoms in total. The van der Waals surface area contributed by atoms with Crippen molar-refractivity contribution in [1.82, 2.24) is 0 Å². The van der Waals surface area contributed by atoms with Crippen LogP contribution in [-0.2, 0) is 11.2 Å². The third kappa shape index (κ3) is 4.34. The van der Waals surface area contributed by atoms with E-state index in [0.717, 1.165) is 47.2 Å². The van der Waals surface area contributed by atoms with Gasteiger partial charge in [-0.2, -0.15) is 0 Å². The van der Waals surface area contributed by atoms with Crippen LogP contribution in [0.4, 0.5) is 0 Å². The lowest BCUT2D eigenvalue weighted by Gasteiger charge is -2.26. The average Bonchev–Trinajstić information content (AvgIpc) is 2.83. The quantitative estimate of drug-likeness (QED) is 0.591. The number of hydrogen-bond acceptors (Lipinski definition) is 6. The number of nitro groups is 1. The molecule has 32 heavy (non-hydrogen) atoms. The highest BCUT2D eigenvalue weighted by Crippen LogP contribution is 2.33. The van der Waals surface area contributed by atoms with E-state index in [0.29, 0.717) is 18.8 Å². The molecule has 166 valence electrons. The summed E-state index contributed by atoms with van der Waals surface area (Å²) >= 11 is 0. The van der Waals surface area contributed by atoms with Crippen molar-refractivity contribution >= 4 is 24.5 Å². The number of fused-ring (bicyclic) bond motifs is 5. The molecule has 2 aromatic carbocycles. The number of hydrogen-bond donors (Lipinski definition) is 1. The maximum atomic E-state index is 12.0. The maximum absolute atomic E-state index is 12.0. The Hall–Kier alpha value is -3.32. The minimum Gasteiger partial charge on any atom is -0.461 e. The molecule has 0 spiro atoms. The predicted octanol–water partition coefficient (Wildman–Crippen LogP) is 3.32. The number of nitrogens with zero attached hydrogens (tertiary/aromatic N) is 3. The molecular formula is C25H28N4O3. The summed E-state index contributed by atoms with van der Waals surface area (Å²) in [6, 6.07) is 12.3. The fourth-order valence-electron chi connectivity index (χ4n) is 4.77. The van der Waals surface area contributed by atoms with Crippen molar-refractivity contribution in [2.24, 2.45) is 21.6 Å². The Morgan fingerprint density at radius 2 is 2.06 bits per heavy atom. The van der Waals surface area contributed by atoms with E-state index in [1.807, 2.05) is 18.2 Å². The van der Waals surface area contributed by atoms with Crippen LogP contribution in [0.3, 0.4) is 0 Å².